The Morgan fingerprint density at radius 1 is 1.36 bits per heavy atom. The molecule has 74 valence electrons. The fraction of sp³-hybridized carbons (Fsp3) is 0.300. The van der Waals surface area contributed by atoms with Gasteiger partial charge in [0.1, 0.15) is 5.82 Å². The molecule has 2 nitrogen and oxygen atoms in total. The molecule has 0 aromatic heterocycles. The zero-order valence-corrected chi connectivity index (χ0v) is 9.03. The number of amides is 1. The highest BCUT2D eigenvalue weighted by Crippen LogP contribution is 2.28. The van der Waals surface area contributed by atoms with Crippen molar-refractivity contribution in [2.75, 3.05) is 5.32 Å². The van der Waals surface area contributed by atoms with Crippen molar-refractivity contribution in [1.82, 2.24) is 0 Å². The van der Waals surface area contributed by atoms with Crippen LogP contribution in [-0.4, -0.2) is 5.91 Å². The molecular formula is C10H9BrFNO. The third kappa shape index (κ3) is 1.80. The van der Waals surface area contributed by atoms with E-state index in [0.717, 1.165) is 18.4 Å². The first-order valence-electron chi connectivity index (χ1n) is 4.44. The second kappa shape index (κ2) is 3.69. The number of nitrogens with one attached hydrogen (secondary N) is 1. The van der Waals surface area contributed by atoms with Gasteiger partial charge in [0.25, 0.3) is 0 Å². The molecule has 1 amide bonds. The molecule has 2 rings (SSSR count). The fourth-order valence-electron chi connectivity index (χ4n) is 1.61. The third-order valence-corrected chi connectivity index (χ3v) is 2.71. The van der Waals surface area contributed by atoms with E-state index in [-0.39, 0.29) is 11.7 Å². The van der Waals surface area contributed by atoms with Crippen LogP contribution in [0.1, 0.15) is 18.4 Å². The summed E-state index contributed by atoms with van der Waals surface area (Å²) in [6.07, 6.45) is 1.98. The summed E-state index contributed by atoms with van der Waals surface area (Å²) in [5.41, 5.74) is 1.21. The topological polar surface area (TPSA) is 29.1 Å². The van der Waals surface area contributed by atoms with Crippen molar-refractivity contribution in [3.05, 3.63) is 28.0 Å². The number of carbonyl (C=O) groups excluding carboxylic acids is 1. The second-order valence-corrected chi connectivity index (χ2v) is 4.24. The van der Waals surface area contributed by atoms with Gasteiger partial charge in [0.05, 0.1) is 5.69 Å². The maximum Gasteiger partial charge on any atom is 0.224 e. The minimum absolute atomic E-state index is 0.107. The standard InChI is InChI=1S/C10H9BrFNO/c11-7-4-6-2-1-3-9(14)13-10(6)8(12)5-7/h4-5H,1-3H2,(H,13,14). The Kier molecular flexibility index (Phi) is 2.54. The highest BCUT2D eigenvalue weighted by atomic mass is 79.9. The first kappa shape index (κ1) is 9.65. The number of carbonyl (C=O) groups is 1. The van der Waals surface area contributed by atoms with Crippen LogP contribution in [0.15, 0.2) is 16.6 Å². The van der Waals surface area contributed by atoms with E-state index in [0.29, 0.717) is 16.6 Å². The van der Waals surface area contributed by atoms with Gasteiger partial charge in [0.15, 0.2) is 0 Å². The molecule has 14 heavy (non-hydrogen) atoms. The zero-order chi connectivity index (χ0) is 10.1. The summed E-state index contributed by atoms with van der Waals surface area (Å²) in [4.78, 5) is 11.2. The Morgan fingerprint density at radius 2 is 2.14 bits per heavy atom. The maximum atomic E-state index is 13.4. The van der Waals surface area contributed by atoms with Crippen molar-refractivity contribution >= 4 is 27.5 Å². The van der Waals surface area contributed by atoms with Crippen LogP contribution in [0, 0.1) is 5.82 Å². The predicted molar refractivity (Wildman–Crippen MR) is 55.7 cm³/mol. The molecule has 4 heteroatoms. The van der Waals surface area contributed by atoms with Crippen molar-refractivity contribution in [1.29, 1.82) is 0 Å². The summed E-state index contributed by atoms with van der Waals surface area (Å²) >= 11 is 3.23. The van der Waals surface area contributed by atoms with E-state index in [1.54, 1.807) is 0 Å². The van der Waals surface area contributed by atoms with E-state index in [1.165, 1.54) is 6.07 Å². The van der Waals surface area contributed by atoms with Gasteiger partial charge in [0.2, 0.25) is 5.91 Å². The molecule has 1 heterocycles. The zero-order valence-electron chi connectivity index (χ0n) is 7.44. The highest BCUT2D eigenvalue weighted by Gasteiger charge is 2.16. The lowest BCUT2D eigenvalue weighted by Gasteiger charge is -2.08. The second-order valence-electron chi connectivity index (χ2n) is 3.32. The van der Waals surface area contributed by atoms with Crippen LogP contribution in [0.5, 0.6) is 0 Å². The molecule has 1 aliphatic heterocycles. The molecular weight excluding hydrogens is 249 g/mol. The summed E-state index contributed by atoms with van der Waals surface area (Å²) in [5.74, 6) is -0.477. The van der Waals surface area contributed by atoms with Crippen LogP contribution in [0.4, 0.5) is 10.1 Å². The van der Waals surface area contributed by atoms with Gasteiger partial charge in [0, 0.05) is 10.9 Å². The molecule has 0 radical (unpaired) electrons. The van der Waals surface area contributed by atoms with Crippen LogP contribution in [0.2, 0.25) is 0 Å². The van der Waals surface area contributed by atoms with E-state index in [2.05, 4.69) is 21.2 Å². The van der Waals surface area contributed by atoms with Crippen LogP contribution in [-0.2, 0) is 11.2 Å². The molecule has 0 saturated heterocycles. The average Bonchev–Trinajstić information content (AvgIpc) is 2.27. The Hall–Kier alpha value is -0.900. The molecule has 0 aliphatic carbocycles. The van der Waals surface area contributed by atoms with Crippen LogP contribution in [0.3, 0.4) is 0 Å². The van der Waals surface area contributed by atoms with E-state index < -0.39 is 0 Å². The first-order valence-corrected chi connectivity index (χ1v) is 5.24. The largest absolute Gasteiger partial charge is 0.323 e. The van der Waals surface area contributed by atoms with Gasteiger partial charge in [-0.3, -0.25) is 4.79 Å². The minimum Gasteiger partial charge on any atom is -0.323 e. The van der Waals surface area contributed by atoms with Crippen molar-refractivity contribution < 1.29 is 9.18 Å². The van der Waals surface area contributed by atoms with E-state index in [4.69, 9.17) is 0 Å². The molecule has 0 saturated carbocycles. The summed E-state index contributed by atoms with van der Waals surface area (Å²) in [6.45, 7) is 0. The predicted octanol–water partition coefficient (Wildman–Crippen LogP) is 2.86. The van der Waals surface area contributed by atoms with Crippen LogP contribution in [0.25, 0.3) is 0 Å². The lowest BCUT2D eigenvalue weighted by atomic mass is 10.1. The summed E-state index contributed by atoms with van der Waals surface area (Å²) in [6, 6.07) is 3.22. The van der Waals surface area contributed by atoms with Gasteiger partial charge < -0.3 is 5.32 Å². The molecule has 1 N–H and O–H groups in total. The number of hydrogen-bond acceptors (Lipinski definition) is 1. The molecule has 0 fully saturated rings. The Bertz CT molecular complexity index is 392. The molecule has 0 bridgehead atoms. The Morgan fingerprint density at radius 3 is 2.93 bits per heavy atom. The van der Waals surface area contributed by atoms with Crippen molar-refractivity contribution in [3.8, 4) is 0 Å². The number of anilines is 1. The molecule has 1 aliphatic rings. The number of aryl methyl sites for hydroxylation is 1. The van der Waals surface area contributed by atoms with E-state index >= 15 is 0 Å². The fourth-order valence-corrected chi connectivity index (χ4v) is 2.08. The lowest BCUT2D eigenvalue weighted by molar-refractivity contribution is -0.116. The Balaban J connectivity index is 2.50. The van der Waals surface area contributed by atoms with Crippen LogP contribution < -0.4 is 5.32 Å². The maximum absolute atomic E-state index is 13.4. The summed E-state index contributed by atoms with van der Waals surface area (Å²) < 4.78 is 14.2. The van der Waals surface area contributed by atoms with Gasteiger partial charge in [-0.15, -0.1) is 0 Å². The molecule has 1 aromatic rings. The third-order valence-electron chi connectivity index (χ3n) is 2.25. The first-order chi connectivity index (χ1) is 6.66. The number of rotatable bonds is 0. The minimum atomic E-state index is -0.371. The normalized spacial score (nSPS) is 15.7. The van der Waals surface area contributed by atoms with Gasteiger partial charge >= 0.3 is 0 Å². The number of halogens is 2. The highest BCUT2D eigenvalue weighted by molar-refractivity contribution is 9.10. The molecule has 0 spiro atoms. The lowest BCUT2D eigenvalue weighted by Crippen LogP contribution is -2.10. The van der Waals surface area contributed by atoms with Crippen molar-refractivity contribution in [2.45, 2.75) is 19.3 Å². The van der Waals surface area contributed by atoms with E-state index in [9.17, 15) is 9.18 Å². The van der Waals surface area contributed by atoms with Gasteiger partial charge in [-0.25, -0.2) is 4.39 Å². The number of fused-ring (bicyclic) bond motifs is 1. The molecule has 0 unspecified atom stereocenters. The van der Waals surface area contributed by atoms with Gasteiger partial charge in [-0.1, -0.05) is 15.9 Å². The quantitative estimate of drug-likeness (QED) is 0.761. The molecule has 1 aromatic carbocycles. The van der Waals surface area contributed by atoms with Gasteiger partial charge in [-0.2, -0.15) is 0 Å². The smallest absolute Gasteiger partial charge is 0.224 e. The van der Waals surface area contributed by atoms with Crippen molar-refractivity contribution in [3.63, 3.8) is 0 Å². The SMILES string of the molecule is O=C1CCCc2cc(Br)cc(F)c2N1. The summed E-state index contributed by atoms with van der Waals surface area (Å²) in [5, 5.41) is 2.58. The Labute approximate surface area is 89.6 Å². The number of hydrogen-bond donors (Lipinski definition) is 1. The number of benzene rings is 1. The monoisotopic (exact) mass is 257 g/mol. The van der Waals surface area contributed by atoms with Crippen molar-refractivity contribution in [2.24, 2.45) is 0 Å². The molecule has 0 atom stereocenters. The average molecular weight is 258 g/mol. The van der Waals surface area contributed by atoms with Crippen LogP contribution >= 0.6 is 15.9 Å². The van der Waals surface area contributed by atoms with Gasteiger partial charge in [-0.05, 0) is 30.5 Å². The van der Waals surface area contributed by atoms with E-state index in [1.807, 2.05) is 6.07 Å². The summed E-state index contributed by atoms with van der Waals surface area (Å²) in [7, 11) is 0.